The van der Waals surface area contributed by atoms with Crippen LogP contribution in [-0.4, -0.2) is 6.29 Å². The Labute approximate surface area is 112 Å². The second-order valence-electron chi connectivity index (χ2n) is 4.24. The van der Waals surface area contributed by atoms with Crippen LogP contribution >= 0.6 is 23.2 Å². The number of aldehydes is 1. The summed E-state index contributed by atoms with van der Waals surface area (Å²) in [5.74, 6) is 0. The zero-order valence-corrected chi connectivity index (χ0v) is 11.4. The molecule has 0 bridgehead atoms. The Kier molecular flexibility index (Phi) is 5.44. The van der Waals surface area contributed by atoms with E-state index in [1.807, 2.05) is 6.07 Å². The third kappa shape index (κ3) is 3.70. The van der Waals surface area contributed by atoms with E-state index in [0.717, 1.165) is 24.7 Å². The molecule has 0 heterocycles. The Hall–Kier alpha value is -0.570. The Morgan fingerprint density at radius 1 is 1.29 bits per heavy atom. The fourth-order valence-corrected chi connectivity index (χ4v) is 2.28. The smallest absolute Gasteiger partial charge is 0.120 e. The lowest BCUT2D eigenvalue weighted by Gasteiger charge is -2.29. The van der Waals surface area contributed by atoms with Crippen LogP contribution in [0.25, 0.3) is 0 Å². The van der Waals surface area contributed by atoms with Crippen molar-refractivity contribution in [2.45, 2.75) is 38.1 Å². The largest absolute Gasteiger partial charge is 0.321 e. The normalized spacial score (nSPS) is 14.4. The predicted molar refractivity (Wildman–Crippen MR) is 72.5 cm³/mol. The molecule has 17 heavy (non-hydrogen) atoms. The number of halogens is 2. The van der Waals surface area contributed by atoms with Gasteiger partial charge in [0.2, 0.25) is 0 Å². The van der Waals surface area contributed by atoms with Crippen molar-refractivity contribution in [2.75, 3.05) is 0 Å². The highest BCUT2D eigenvalue weighted by molar-refractivity contribution is 6.42. The van der Waals surface area contributed by atoms with Crippen molar-refractivity contribution < 1.29 is 4.79 Å². The van der Waals surface area contributed by atoms with Gasteiger partial charge in [-0.15, -0.1) is 0 Å². The molecular weight excluding hydrogens is 257 g/mol. The van der Waals surface area contributed by atoms with Crippen LogP contribution in [0.3, 0.4) is 0 Å². The van der Waals surface area contributed by atoms with Crippen molar-refractivity contribution in [2.24, 2.45) is 5.73 Å². The summed E-state index contributed by atoms with van der Waals surface area (Å²) in [5, 5.41) is 1.02. The van der Waals surface area contributed by atoms with E-state index in [9.17, 15) is 4.79 Å². The molecule has 0 fully saturated rings. The fraction of sp³-hybridized carbons (Fsp3) is 0.462. The number of nitrogens with two attached hydrogens (primary N) is 1. The zero-order valence-electron chi connectivity index (χ0n) is 9.88. The fourth-order valence-electron chi connectivity index (χ4n) is 1.98. The van der Waals surface area contributed by atoms with Gasteiger partial charge in [0, 0.05) is 12.0 Å². The summed E-state index contributed by atoms with van der Waals surface area (Å²) >= 11 is 11.9. The zero-order chi connectivity index (χ0) is 12.9. The molecule has 0 aromatic heterocycles. The first-order chi connectivity index (χ1) is 8.03. The molecule has 4 heteroatoms. The third-order valence-corrected chi connectivity index (χ3v) is 3.64. The van der Waals surface area contributed by atoms with Gasteiger partial charge >= 0.3 is 0 Å². The van der Waals surface area contributed by atoms with Gasteiger partial charge < -0.3 is 10.5 Å². The van der Waals surface area contributed by atoms with Gasteiger partial charge in [-0.25, -0.2) is 0 Å². The van der Waals surface area contributed by atoms with Gasteiger partial charge in [0.05, 0.1) is 10.0 Å². The SMILES string of the molecule is CCCC(N)(CCC=O)c1ccc(Cl)c(Cl)c1. The standard InChI is InChI=1S/C13H17Cl2NO/c1-2-6-13(16,7-3-8-17)10-4-5-11(14)12(15)9-10/h4-5,8-9H,2-3,6-7,16H2,1H3. The van der Waals surface area contributed by atoms with Gasteiger partial charge in [-0.05, 0) is 30.5 Å². The third-order valence-electron chi connectivity index (χ3n) is 2.90. The van der Waals surface area contributed by atoms with Crippen LogP contribution in [0.5, 0.6) is 0 Å². The van der Waals surface area contributed by atoms with E-state index in [1.54, 1.807) is 12.1 Å². The number of benzene rings is 1. The van der Waals surface area contributed by atoms with Crippen molar-refractivity contribution in [3.8, 4) is 0 Å². The van der Waals surface area contributed by atoms with E-state index in [0.29, 0.717) is 22.9 Å². The van der Waals surface area contributed by atoms with Crippen molar-refractivity contribution in [3.05, 3.63) is 33.8 Å². The average molecular weight is 274 g/mol. The maximum atomic E-state index is 10.5. The summed E-state index contributed by atoms with van der Waals surface area (Å²) in [4.78, 5) is 10.5. The Balaban J connectivity index is 3.03. The van der Waals surface area contributed by atoms with Crippen LogP contribution in [0, 0.1) is 0 Å². The lowest BCUT2D eigenvalue weighted by atomic mass is 9.83. The van der Waals surface area contributed by atoms with Crippen LogP contribution in [0.15, 0.2) is 18.2 Å². The number of hydrogen-bond donors (Lipinski definition) is 1. The molecule has 0 spiro atoms. The second-order valence-corrected chi connectivity index (χ2v) is 5.05. The molecule has 2 nitrogen and oxygen atoms in total. The first-order valence-corrected chi connectivity index (χ1v) is 6.47. The highest BCUT2D eigenvalue weighted by Crippen LogP contribution is 2.32. The van der Waals surface area contributed by atoms with E-state index in [1.165, 1.54) is 0 Å². The molecule has 1 unspecified atom stereocenters. The maximum Gasteiger partial charge on any atom is 0.120 e. The second kappa shape index (κ2) is 6.39. The molecule has 0 aliphatic rings. The minimum atomic E-state index is -0.496. The van der Waals surface area contributed by atoms with E-state index in [4.69, 9.17) is 28.9 Å². The van der Waals surface area contributed by atoms with Crippen molar-refractivity contribution in [1.29, 1.82) is 0 Å². The van der Waals surface area contributed by atoms with Crippen molar-refractivity contribution in [3.63, 3.8) is 0 Å². The quantitative estimate of drug-likeness (QED) is 0.799. The highest BCUT2D eigenvalue weighted by Gasteiger charge is 2.26. The van der Waals surface area contributed by atoms with Crippen LogP contribution in [-0.2, 0) is 10.3 Å². The van der Waals surface area contributed by atoms with Gasteiger partial charge in [-0.2, -0.15) is 0 Å². The van der Waals surface area contributed by atoms with Gasteiger partial charge in [0.25, 0.3) is 0 Å². The molecule has 1 aromatic carbocycles. The lowest BCUT2D eigenvalue weighted by molar-refractivity contribution is -0.108. The van der Waals surface area contributed by atoms with Crippen LogP contribution < -0.4 is 5.73 Å². The predicted octanol–water partition coefficient (Wildman–Crippen LogP) is 3.93. The molecule has 0 saturated heterocycles. The lowest BCUT2D eigenvalue weighted by Crippen LogP contribution is -2.36. The first kappa shape index (κ1) is 14.5. The first-order valence-electron chi connectivity index (χ1n) is 5.71. The summed E-state index contributed by atoms with van der Waals surface area (Å²) in [7, 11) is 0. The van der Waals surface area contributed by atoms with Gasteiger partial charge in [-0.1, -0.05) is 42.6 Å². The molecule has 0 aliphatic heterocycles. The Morgan fingerprint density at radius 3 is 2.53 bits per heavy atom. The van der Waals surface area contributed by atoms with E-state index in [2.05, 4.69) is 6.92 Å². The monoisotopic (exact) mass is 273 g/mol. The topological polar surface area (TPSA) is 43.1 Å². The molecule has 1 aromatic rings. The van der Waals surface area contributed by atoms with Crippen LogP contribution in [0.2, 0.25) is 10.0 Å². The molecule has 94 valence electrons. The van der Waals surface area contributed by atoms with E-state index >= 15 is 0 Å². The molecule has 1 atom stereocenters. The van der Waals surface area contributed by atoms with Crippen molar-refractivity contribution >= 4 is 29.5 Å². The van der Waals surface area contributed by atoms with Crippen molar-refractivity contribution in [1.82, 2.24) is 0 Å². The minimum Gasteiger partial charge on any atom is -0.321 e. The van der Waals surface area contributed by atoms with E-state index < -0.39 is 5.54 Å². The molecule has 0 radical (unpaired) electrons. The van der Waals surface area contributed by atoms with Crippen LogP contribution in [0.4, 0.5) is 0 Å². The molecular formula is C13H17Cl2NO. The van der Waals surface area contributed by atoms with Gasteiger partial charge in [-0.3, -0.25) is 0 Å². The summed E-state index contributed by atoms with van der Waals surface area (Å²) in [5.41, 5.74) is 6.82. The van der Waals surface area contributed by atoms with Gasteiger partial charge in [0.15, 0.2) is 0 Å². The molecule has 0 saturated carbocycles. The summed E-state index contributed by atoms with van der Waals surface area (Å²) in [6, 6.07) is 5.43. The summed E-state index contributed by atoms with van der Waals surface area (Å²) in [6.45, 7) is 2.07. The Morgan fingerprint density at radius 2 is 2.00 bits per heavy atom. The maximum absolute atomic E-state index is 10.5. The molecule has 0 aliphatic carbocycles. The number of carbonyl (C=O) groups is 1. The minimum absolute atomic E-state index is 0.455. The summed E-state index contributed by atoms with van der Waals surface area (Å²) < 4.78 is 0. The Bertz CT molecular complexity index is 395. The molecule has 1 rings (SSSR count). The number of rotatable bonds is 6. The number of hydrogen-bond acceptors (Lipinski definition) is 2. The molecule has 2 N–H and O–H groups in total. The van der Waals surface area contributed by atoms with Crippen LogP contribution in [0.1, 0.15) is 38.2 Å². The highest BCUT2D eigenvalue weighted by atomic mass is 35.5. The number of carbonyl (C=O) groups excluding carboxylic acids is 1. The molecule has 0 amide bonds. The summed E-state index contributed by atoms with van der Waals surface area (Å²) in [6.07, 6.45) is 3.75. The average Bonchev–Trinajstić information content (AvgIpc) is 2.30. The van der Waals surface area contributed by atoms with Gasteiger partial charge in [0.1, 0.15) is 6.29 Å². The van der Waals surface area contributed by atoms with E-state index in [-0.39, 0.29) is 0 Å².